The van der Waals surface area contributed by atoms with Gasteiger partial charge in [-0.15, -0.1) is 0 Å². The highest BCUT2D eigenvalue weighted by Gasteiger charge is 2.17. The molecular formula is C20H24N2O5S. The summed E-state index contributed by atoms with van der Waals surface area (Å²) in [5.41, 5.74) is 2.54. The molecule has 0 radical (unpaired) electrons. The van der Waals surface area contributed by atoms with Crippen LogP contribution in [-0.4, -0.2) is 33.4 Å². The highest BCUT2D eigenvalue weighted by Crippen LogP contribution is 2.23. The van der Waals surface area contributed by atoms with Crippen molar-refractivity contribution in [2.75, 3.05) is 18.5 Å². The Bertz CT molecular complexity index is 937. The van der Waals surface area contributed by atoms with Gasteiger partial charge < -0.3 is 10.1 Å². The van der Waals surface area contributed by atoms with Crippen molar-refractivity contribution in [3.8, 4) is 0 Å². The minimum absolute atomic E-state index is 0.0499. The number of anilines is 1. The van der Waals surface area contributed by atoms with E-state index < -0.39 is 35.1 Å². The zero-order chi connectivity index (χ0) is 20.7. The largest absolute Gasteiger partial charge is 0.455 e. The number of hydrogen-bond donors (Lipinski definition) is 2. The molecule has 0 fully saturated rings. The summed E-state index contributed by atoms with van der Waals surface area (Å²) >= 11 is 0. The van der Waals surface area contributed by atoms with Crippen LogP contribution in [0.3, 0.4) is 0 Å². The molecule has 0 bridgehead atoms. The summed E-state index contributed by atoms with van der Waals surface area (Å²) in [5.74, 6) is -1.12. The summed E-state index contributed by atoms with van der Waals surface area (Å²) in [5, 5.41) is 2.70. The summed E-state index contributed by atoms with van der Waals surface area (Å²) in [6.45, 7) is 4.78. The average molecular weight is 404 g/mol. The molecule has 0 aliphatic rings. The van der Waals surface area contributed by atoms with Gasteiger partial charge in [0.25, 0.3) is 5.91 Å². The molecule has 0 spiro atoms. The Morgan fingerprint density at radius 2 is 1.68 bits per heavy atom. The summed E-state index contributed by atoms with van der Waals surface area (Å²) < 4.78 is 31.3. The molecule has 0 saturated heterocycles. The lowest BCUT2D eigenvalue weighted by Crippen LogP contribution is -2.32. The van der Waals surface area contributed by atoms with Crippen molar-refractivity contribution in [2.24, 2.45) is 0 Å². The van der Waals surface area contributed by atoms with Crippen molar-refractivity contribution in [3.63, 3.8) is 0 Å². The van der Waals surface area contributed by atoms with Crippen molar-refractivity contribution in [3.05, 3.63) is 59.7 Å². The number of carbonyl (C=O) groups is 2. The van der Waals surface area contributed by atoms with Gasteiger partial charge in [-0.3, -0.25) is 9.59 Å². The Balaban J connectivity index is 1.84. The minimum atomic E-state index is -3.83. The standard InChI is InChI=1S/C20H24N2O5S/c1-14(2)17-6-4-5-7-18(17)22-19(23)13-27-20(24)12-21-28(25,26)16-10-8-15(3)9-11-16/h4-11,14,21H,12-13H2,1-3H3,(H,22,23). The Morgan fingerprint density at radius 3 is 2.32 bits per heavy atom. The van der Waals surface area contributed by atoms with Crippen LogP contribution < -0.4 is 10.0 Å². The molecule has 7 nitrogen and oxygen atoms in total. The fraction of sp³-hybridized carbons (Fsp3) is 0.300. The second-order valence-electron chi connectivity index (χ2n) is 6.59. The monoisotopic (exact) mass is 404 g/mol. The molecular weight excluding hydrogens is 380 g/mol. The third-order valence-corrected chi connectivity index (χ3v) is 5.38. The first-order valence-corrected chi connectivity index (χ1v) is 10.3. The number of nitrogens with one attached hydrogen (secondary N) is 2. The van der Waals surface area contributed by atoms with Gasteiger partial charge in [-0.05, 0) is 36.6 Å². The first kappa shape index (κ1) is 21.6. The van der Waals surface area contributed by atoms with Gasteiger partial charge in [-0.1, -0.05) is 49.7 Å². The van der Waals surface area contributed by atoms with Crippen LogP contribution in [0.25, 0.3) is 0 Å². The predicted octanol–water partition coefficient (Wildman–Crippen LogP) is 2.58. The molecule has 0 aliphatic carbocycles. The van der Waals surface area contributed by atoms with Crippen LogP contribution >= 0.6 is 0 Å². The number of rotatable bonds is 8. The number of sulfonamides is 1. The highest BCUT2D eigenvalue weighted by atomic mass is 32.2. The lowest BCUT2D eigenvalue weighted by Gasteiger charge is -2.13. The molecule has 0 atom stereocenters. The minimum Gasteiger partial charge on any atom is -0.455 e. The van der Waals surface area contributed by atoms with Crippen LogP contribution in [0.1, 0.15) is 30.9 Å². The summed E-state index contributed by atoms with van der Waals surface area (Å²) in [6.07, 6.45) is 0. The lowest BCUT2D eigenvalue weighted by molar-refractivity contribution is -0.146. The van der Waals surface area contributed by atoms with Gasteiger partial charge in [0.15, 0.2) is 6.61 Å². The maximum Gasteiger partial charge on any atom is 0.321 e. The fourth-order valence-corrected chi connectivity index (χ4v) is 3.42. The van der Waals surface area contributed by atoms with Gasteiger partial charge in [0.1, 0.15) is 6.54 Å². The van der Waals surface area contributed by atoms with Crippen LogP contribution in [0, 0.1) is 6.92 Å². The number of esters is 1. The van der Waals surface area contributed by atoms with E-state index in [1.807, 2.05) is 32.9 Å². The van der Waals surface area contributed by atoms with Crippen molar-refractivity contribution < 1.29 is 22.7 Å². The van der Waals surface area contributed by atoms with E-state index in [1.165, 1.54) is 12.1 Å². The Kier molecular flexibility index (Phi) is 7.31. The average Bonchev–Trinajstić information content (AvgIpc) is 2.65. The number of aryl methyl sites for hydroxylation is 1. The van der Waals surface area contributed by atoms with Gasteiger partial charge in [-0.25, -0.2) is 8.42 Å². The third kappa shape index (κ3) is 6.17. The molecule has 0 heterocycles. The van der Waals surface area contributed by atoms with E-state index in [1.54, 1.807) is 24.3 Å². The lowest BCUT2D eigenvalue weighted by atomic mass is 10.0. The zero-order valence-electron chi connectivity index (χ0n) is 16.1. The van der Waals surface area contributed by atoms with Crippen molar-refractivity contribution in [1.82, 2.24) is 4.72 Å². The quantitative estimate of drug-likeness (QED) is 0.659. The van der Waals surface area contributed by atoms with E-state index in [9.17, 15) is 18.0 Å². The topological polar surface area (TPSA) is 102 Å². The van der Waals surface area contributed by atoms with Crippen molar-refractivity contribution in [2.45, 2.75) is 31.6 Å². The second kappa shape index (κ2) is 9.48. The molecule has 0 aromatic heterocycles. The summed E-state index contributed by atoms with van der Waals surface area (Å²) in [7, 11) is -3.83. The van der Waals surface area contributed by atoms with Crippen LogP contribution in [0.5, 0.6) is 0 Å². The molecule has 150 valence electrons. The second-order valence-corrected chi connectivity index (χ2v) is 8.36. The molecule has 8 heteroatoms. The number of ether oxygens (including phenoxy) is 1. The molecule has 0 aliphatic heterocycles. The Morgan fingerprint density at radius 1 is 1.04 bits per heavy atom. The maximum atomic E-state index is 12.1. The van der Waals surface area contributed by atoms with Crippen LogP contribution in [-0.2, 0) is 24.3 Å². The SMILES string of the molecule is Cc1ccc(S(=O)(=O)NCC(=O)OCC(=O)Nc2ccccc2C(C)C)cc1. The molecule has 1 amide bonds. The first-order valence-electron chi connectivity index (χ1n) is 8.80. The smallest absolute Gasteiger partial charge is 0.321 e. The predicted molar refractivity (Wildman–Crippen MR) is 106 cm³/mol. The Hall–Kier alpha value is -2.71. The molecule has 0 unspecified atom stereocenters. The summed E-state index contributed by atoms with van der Waals surface area (Å²) in [4.78, 5) is 23.8. The van der Waals surface area contributed by atoms with Gasteiger partial charge in [0.05, 0.1) is 4.90 Å². The number of para-hydroxylation sites is 1. The van der Waals surface area contributed by atoms with E-state index in [-0.39, 0.29) is 10.8 Å². The van der Waals surface area contributed by atoms with E-state index >= 15 is 0 Å². The zero-order valence-corrected chi connectivity index (χ0v) is 16.9. The normalized spacial score (nSPS) is 11.3. The van der Waals surface area contributed by atoms with Gasteiger partial charge >= 0.3 is 5.97 Å². The molecule has 2 aromatic rings. The molecule has 28 heavy (non-hydrogen) atoms. The van der Waals surface area contributed by atoms with Gasteiger partial charge in [0, 0.05) is 5.69 Å². The number of hydrogen-bond acceptors (Lipinski definition) is 5. The number of carbonyl (C=O) groups excluding carboxylic acids is 2. The molecule has 2 rings (SSSR count). The van der Waals surface area contributed by atoms with Crippen molar-refractivity contribution in [1.29, 1.82) is 0 Å². The maximum absolute atomic E-state index is 12.1. The van der Waals surface area contributed by atoms with Gasteiger partial charge in [-0.2, -0.15) is 4.72 Å². The fourth-order valence-electron chi connectivity index (χ4n) is 2.45. The van der Waals surface area contributed by atoms with E-state index in [2.05, 4.69) is 10.0 Å². The summed E-state index contributed by atoms with van der Waals surface area (Å²) in [6, 6.07) is 13.6. The van der Waals surface area contributed by atoms with E-state index in [4.69, 9.17) is 4.74 Å². The highest BCUT2D eigenvalue weighted by molar-refractivity contribution is 7.89. The Labute approximate surface area is 165 Å². The number of benzene rings is 2. The molecule has 2 aromatic carbocycles. The van der Waals surface area contributed by atoms with Crippen LogP contribution in [0.4, 0.5) is 5.69 Å². The first-order chi connectivity index (χ1) is 13.2. The van der Waals surface area contributed by atoms with Crippen LogP contribution in [0.2, 0.25) is 0 Å². The third-order valence-electron chi connectivity index (χ3n) is 3.96. The van der Waals surface area contributed by atoms with E-state index in [0.717, 1.165) is 11.1 Å². The van der Waals surface area contributed by atoms with Crippen LogP contribution in [0.15, 0.2) is 53.4 Å². The van der Waals surface area contributed by atoms with Gasteiger partial charge in [0.2, 0.25) is 10.0 Å². The molecule has 0 saturated carbocycles. The van der Waals surface area contributed by atoms with Crippen molar-refractivity contribution >= 4 is 27.6 Å². The van der Waals surface area contributed by atoms with E-state index in [0.29, 0.717) is 5.69 Å². The number of amides is 1. The molecule has 2 N–H and O–H groups in total.